The van der Waals surface area contributed by atoms with Crippen molar-refractivity contribution in [1.29, 1.82) is 0 Å². The minimum absolute atomic E-state index is 0.163. The number of hydrogen-bond donors (Lipinski definition) is 0. The van der Waals surface area contributed by atoms with Crippen LogP contribution in [0.4, 0.5) is 0 Å². The second-order valence-corrected chi connectivity index (χ2v) is 7.58. The van der Waals surface area contributed by atoms with E-state index in [1.807, 2.05) is 0 Å². The first-order valence-electron chi connectivity index (χ1n) is 8.41. The molecule has 1 amide bonds. The lowest BCUT2D eigenvalue weighted by Gasteiger charge is -2.26. The lowest BCUT2D eigenvalue weighted by Crippen LogP contribution is -2.36. The maximum absolute atomic E-state index is 12.4. The van der Waals surface area contributed by atoms with Crippen LogP contribution in [0.3, 0.4) is 0 Å². The molecule has 1 aromatic heterocycles. The predicted octanol–water partition coefficient (Wildman–Crippen LogP) is 2.85. The summed E-state index contributed by atoms with van der Waals surface area (Å²) in [5.41, 5.74) is 2.52. The molecule has 1 atom stereocenters. The number of fused-ring (bicyclic) bond motifs is 1. The third-order valence-corrected chi connectivity index (χ3v) is 6.26. The van der Waals surface area contributed by atoms with Crippen molar-refractivity contribution in [3.8, 4) is 0 Å². The number of hydrogen-bond acceptors (Lipinski definition) is 3. The summed E-state index contributed by atoms with van der Waals surface area (Å²) < 4.78 is 2.17. The number of amides is 1. The number of aryl methyl sites for hydroxylation is 1. The van der Waals surface area contributed by atoms with Gasteiger partial charge in [0.1, 0.15) is 5.37 Å². The van der Waals surface area contributed by atoms with Gasteiger partial charge in [-0.2, -0.15) is 0 Å². The molecule has 0 spiro atoms. The molecule has 2 aromatic rings. The normalized spacial score (nSPS) is 22.6. The van der Waals surface area contributed by atoms with Crippen molar-refractivity contribution in [2.45, 2.75) is 18.2 Å². The number of likely N-dealkylation sites (tertiary alicyclic amines) is 1. The lowest BCUT2D eigenvalue weighted by molar-refractivity contribution is -0.128. The highest BCUT2D eigenvalue weighted by molar-refractivity contribution is 8.00. The zero-order chi connectivity index (χ0) is 15.8. The molecular weight excluding hydrogens is 306 g/mol. The van der Waals surface area contributed by atoms with Crippen LogP contribution in [0.2, 0.25) is 0 Å². The van der Waals surface area contributed by atoms with Gasteiger partial charge in [0.05, 0.1) is 5.75 Å². The number of aromatic nitrogens is 1. The van der Waals surface area contributed by atoms with Crippen LogP contribution in [0.15, 0.2) is 30.5 Å². The van der Waals surface area contributed by atoms with E-state index in [2.05, 4.69) is 51.9 Å². The molecule has 1 unspecified atom stereocenters. The summed E-state index contributed by atoms with van der Waals surface area (Å²) in [6.07, 6.45) is 4.80. The Labute approximate surface area is 141 Å². The Morgan fingerprint density at radius 3 is 2.78 bits per heavy atom. The van der Waals surface area contributed by atoms with Crippen LogP contribution in [0.25, 0.3) is 10.9 Å². The fourth-order valence-corrected chi connectivity index (χ4v) is 5.02. The number of benzene rings is 1. The maximum atomic E-state index is 12.4. The van der Waals surface area contributed by atoms with E-state index >= 15 is 0 Å². The first kappa shape index (κ1) is 15.1. The van der Waals surface area contributed by atoms with Crippen LogP contribution in [-0.4, -0.2) is 52.2 Å². The van der Waals surface area contributed by atoms with Crippen molar-refractivity contribution in [3.63, 3.8) is 0 Å². The SMILES string of the molecule is Cn1cc(C2SCC(=O)N2CCN2CCCC2)c2ccccc21. The summed E-state index contributed by atoms with van der Waals surface area (Å²) >= 11 is 1.77. The molecule has 2 aliphatic heterocycles. The van der Waals surface area contributed by atoms with Crippen molar-refractivity contribution in [3.05, 3.63) is 36.0 Å². The van der Waals surface area contributed by atoms with Crippen LogP contribution in [0.5, 0.6) is 0 Å². The molecule has 2 aliphatic rings. The third kappa shape index (κ3) is 2.76. The molecule has 4 nitrogen and oxygen atoms in total. The highest BCUT2D eigenvalue weighted by Crippen LogP contribution is 2.41. The van der Waals surface area contributed by atoms with Crippen LogP contribution >= 0.6 is 11.8 Å². The Balaban J connectivity index is 1.59. The lowest BCUT2D eigenvalue weighted by atomic mass is 10.1. The first-order valence-corrected chi connectivity index (χ1v) is 9.46. The van der Waals surface area contributed by atoms with E-state index in [4.69, 9.17) is 0 Å². The van der Waals surface area contributed by atoms with Crippen molar-refractivity contribution < 1.29 is 4.79 Å². The smallest absolute Gasteiger partial charge is 0.233 e. The highest BCUT2D eigenvalue weighted by atomic mass is 32.2. The second-order valence-electron chi connectivity index (χ2n) is 6.51. The molecule has 1 aromatic carbocycles. The average Bonchev–Trinajstić information content (AvgIpc) is 3.26. The van der Waals surface area contributed by atoms with Gasteiger partial charge in [-0.05, 0) is 32.0 Å². The summed E-state index contributed by atoms with van der Waals surface area (Å²) in [4.78, 5) is 17.0. The fraction of sp³-hybridized carbons (Fsp3) is 0.500. The summed E-state index contributed by atoms with van der Waals surface area (Å²) in [7, 11) is 2.09. The third-order valence-electron chi connectivity index (χ3n) is 5.02. The number of thioether (sulfide) groups is 1. The molecule has 0 saturated carbocycles. The van der Waals surface area contributed by atoms with Crippen LogP contribution in [0.1, 0.15) is 23.8 Å². The molecule has 3 heterocycles. The fourth-order valence-electron chi connectivity index (χ4n) is 3.78. The molecular formula is C18H23N3OS. The molecule has 0 aliphatic carbocycles. The molecule has 4 rings (SSSR count). The molecule has 23 heavy (non-hydrogen) atoms. The van der Waals surface area contributed by atoms with E-state index in [0.29, 0.717) is 5.75 Å². The van der Waals surface area contributed by atoms with Gasteiger partial charge in [-0.3, -0.25) is 4.79 Å². The Morgan fingerprint density at radius 1 is 1.17 bits per heavy atom. The summed E-state index contributed by atoms with van der Waals surface area (Å²) in [6.45, 7) is 4.23. The summed E-state index contributed by atoms with van der Waals surface area (Å²) in [5.74, 6) is 0.889. The Hall–Kier alpha value is -1.46. The van der Waals surface area contributed by atoms with E-state index < -0.39 is 0 Å². The Kier molecular flexibility index (Phi) is 4.07. The van der Waals surface area contributed by atoms with Gasteiger partial charge in [0, 0.05) is 42.8 Å². The van der Waals surface area contributed by atoms with Gasteiger partial charge in [-0.25, -0.2) is 0 Å². The number of nitrogens with zero attached hydrogens (tertiary/aromatic N) is 3. The molecule has 122 valence electrons. The van der Waals surface area contributed by atoms with E-state index in [9.17, 15) is 4.79 Å². The number of carbonyl (C=O) groups excluding carboxylic acids is 1. The summed E-state index contributed by atoms with van der Waals surface area (Å²) in [6, 6.07) is 8.48. The van der Waals surface area contributed by atoms with Gasteiger partial charge in [0.2, 0.25) is 5.91 Å². The topological polar surface area (TPSA) is 28.5 Å². The van der Waals surface area contributed by atoms with Gasteiger partial charge in [0.25, 0.3) is 0 Å². The molecule has 0 bridgehead atoms. The van der Waals surface area contributed by atoms with Gasteiger partial charge < -0.3 is 14.4 Å². The van der Waals surface area contributed by atoms with E-state index in [-0.39, 0.29) is 11.3 Å². The van der Waals surface area contributed by atoms with E-state index in [0.717, 1.165) is 13.1 Å². The second kappa shape index (κ2) is 6.21. The van der Waals surface area contributed by atoms with Gasteiger partial charge in [0.15, 0.2) is 0 Å². The van der Waals surface area contributed by atoms with Gasteiger partial charge in [-0.1, -0.05) is 18.2 Å². The molecule has 0 N–H and O–H groups in total. The van der Waals surface area contributed by atoms with Crippen LogP contribution in [0, 0.1) is 0 Å². The maximum Gasteiger partial charge on any atom is 0.233 e. The first-order chi connectivity index (χ1) is 11.2. The molecule has 5 heteroatoms. The number of rotatable bonds is 4. The minimum atomic E-state index is 0.163. The van der Waals surface area contributed by atoms with Crippen molar-refractivity contribution in [2.75, 3.05) is 31.9 Å². The zero-order valence-corrected chi connectivity index (χ0v) is 14.4. The Bertz CT molecular complexity index is 720. The summed E-state index contributed by atoms with van der Waals surface area (Å²) in [5, 5.41) is 1.43. The number of carbonyl (C=O) groups is 1. The minimum Gasteiger partial charge on any atom is -0.350 e. The molecule has 2 saturated heterocycles. The zero-order valence-electron chi connectivity index (χ0n) is 13.6. The molecule has 2 fully saturated rings. The molecule has 0 radical (unpaired) electrons. The monoisotopic (exact) mass is 329 g/mol. The van der Waals surface area contributed by atoms with Crippen LogP contribution < -0.4 is 0 Å². The van der Waals surface area contributed by atoms with Crippen molar-refractivity contribution >= 4 is 28.6 Å². The Morgan fingerprint density at radius 2 is 1.96 bits per heavy atom. The van der Waals surface area contributed by atoms with Crippen LogP contribution in [-0.2, 0) is 11.8 Å². The van der Waals surface area contributed by atoms with Gasteiger partial charge >= 0.3 is 0 Å². The average molecular weight is 329 g/mol. The van der Waals surface area contributed by atoms with E-state index in [1.54, 1.807) is 11.8 Å². The van der Waals surface area contributed by atoms with Crippen molar-refractivity contribution in [1.82, 2.24) is 14.4 Å². The van der Waals surface area contributed by atoms with Gasteiger partial charge in [-0.15, -0.1) is 11.8 Å². The standard InChI is InChI=1S/C18H23N3OS/c1-19-12-15(14-6-2-3-7-16(14)19)18-21(17(22)13-23-18)11-10-20-8-4-5-9-20/h2-3,6-7,12,18H,4-5,8-11,13H2,1H3. The van der Waals surface area contributed by atoms with E-state index in [1.165, 1.54) is 42.4 Å². The quantitative estimate of drug-likeness (QED) is 0.863. The highest BCUT2D eigenvalue weighted by Gasteiger charge is 2.34. The van der Waals surface area contributed by atoms with Crippen molar-refractivity contribution in [2.24, 2.45) is 7.05 Å². The number of para-hydroxylation sites is 1. The largest absolute Gasteiger partial charge is 0.350 e. The predicted molar refractivity (Wildman–Crippen MR) is 95.5 cm³/mol.